The topological polar surface area (TPSA) is 44.0 Å². The van der Waals surface area contributed by atoms with Crippen LogP contribution >= 0.6 is 12.2 Å². The molecule has 1 aromatic heterocycles. The Labute approximate surface area is 176 Å². The number of aromatic amines is 1. The summed E-state index contributed by atoms with van der Waals surface area (Å²) in [6, 6.07) is 26.9. The number of nitrogens with one attached hydrogen (secondary N) is 2. The van der Waals surface area contributed by atoms with Gasteiger partial charge in [0, 0.05) is 18.7 Å². The van der Waals surface area contributed by atoms with Crippen LogP contribution in [0.4, 0.5) is 5.69 Å². The summed E-state index contributed by atoms with van der Waals surface area (Å²) >= 11 is 5.76. The minimum atomic E-state index is 0.718. The largest absolute Gasteiger partial charge is 0.362 e. The lowest BCUT2D eigenvalue weighted by Crippen LogP contribution is -2.40. The van der Waals surface area contributed by atoms with Crippen LogP contribution in [0.25, 0.3) is 11.0 Å². The number of aromatic nitrogens is 2. The fraction of sp³-hybridized carbons (Fsp3) is 0.167. The Bertz CT molecular complexity index is 1070. The molecule has 0 spiro atoms. The Hall–Kier alpha value is -3.18. The first kappa shape index (κ1) is 19.2. The summed E-state index contributed by atoms with van der Waals surface area (Å²) in [6.45, 7) is 3.54. The van der Waals surface area contributed by atoms with E-state index < -0.39 is 0 Å². The van der Waals surface area contributed by atoms with Crippen molar-refractivity contribution in [3.63, 3.8) is 0 Å². The van der Waals surface area contributed by atoms with Gasteiger partial charge >= 0.3 is 0 Å². The summed E-state index contributed by atoms with van der Waals surface area (Å²) in [5, 5.41) is 4.13. The van der Waals surface area contributed by atoms with Crippen LogP contribution in [0.1, 0.15) is 17.0 Å². The predicted molar refractivity (Wildman–Crippen MR) is 124 cm³/mol. The third-order valence-corrected chi connectivity index (χ3v) is 5.18. The van der Waals surface area contributed by atoms with E-state index in [0.717, 1.165) is 47.2 Å². The summed E-state index contributed by atoms with van der Waals surface area (Å²) in [7, 11) is 0. The van der Waals surface area contributed by atoms with Crippen LogP contribution in [0.5, 0.6) is 0 Å². The van der Waals surface area contributed by atoms with Gasteiger partial charge in [0.2, 0.25) is 0 Å². The molecule has 146 valence electrons. The highest BCUT2D eigenvalue weighted by molar-refractivity contribution is 7.80. The number of anilines is 1. The first-order valence-electron chi connectivity index (χ1n) is 9.78. The molecule has 0 aliphatic carbocycles. The number of H-pyrrole nitrogens is 1. The van der Waals surface area contributed by atoms with Crippen molar-refractivity contribution in [2.75, 3.05) is 11.4 Å². The summed E-state index contributed by atoms with van der Waals surface area (Å²) < 4.78 is 0. The standard InChI is InChI=1S/C24H24N4S/c1-18-8-7-11-20(16-18)28(17-19-9-3-2-4-10-19)24(29)25-15-14-23-26-21-12-5-6-13-22(21)27-23/h2-13,16H,14-15,17H2,1H3,(H,25,29)(H,26,27). The molecule has 0 amide bonds. The number of imidazole rings is 1. The summed E-state index contributed by atoms with van der Waals surface area (Å²) in [5.74, 6) is 0.965. The molecule has 0 bridgehead atoms. The van der Waals surface area contributed by atoms with Gasteiger partial charge in [0.05, 0.1) is 17.6 Å². The number of thiocarbonyl (C=S) groups is 1. The summed E-state index contributed by atoms with van der Waals surface area (Å²) in [5.41, 5.74) is 5.59. The van der Waals surface area contributed by atoms with Gasteiger partial charge in [0.25, 0.3) is 0 Å². The molecule has 0 radical (unpaired) electrons. The summed E-state index contributed by atoms with van der Waals surface area (Å²) in [4.78, 5) is 10.2. The van der Waals surface area contributed by atoms with Crippen molar-refractivity contribution in [1.82, 2.24) is 15.3 Å². The number of benzene rings is 3. The molecule has 3 aromatic carbocycles. The van der Waals surface area contributed by atoms with E-state index in [9.17, 15) is 0 Å². The fourth-order valence-electron chi connectivity index (χ4n) is 3.35. The molecule has 0 saturated carbocycles. The van der Waals surface area contributed by atoms with Gasteiger partial charge in [-0.15, -0.1) is 0 Å². The molecule has 0 aliphatic heterocycles. The molecule has 0 aliphatic rings. The zero-order chi connectivity index (χ0) is 20.1. The van der Waals surface area contributed by atoms with Crippen molar-refractivity contribution in [2.24, 2.45) is 0 Å². The number of para-hydroxylation sites is 2. The molecule has 29 heavy (non-hydrogen) atoms. The van der Waals surface area contributed by atoms with Crippen molar-refractivity contribution in [3.8, 4) is 0 Å². The van der Waals surface area contributed by atoms with Crippen LogP contribution < -0.4 is 10.2 Å². The second kappa shape index (κ2) is 8.88. The van der Waals surface area contributed by atoms with Crippen LogP contribution in [-0.2, 0) is 13.0 Å². The van der Waals surface area contributed by atoms with Crippen LogP contribution in [0, 0.1) is 6.92 Å². The van der Waals surface area contributed by atoms with Crippen molar-refractivity contribution >= 4 is 34.1 Å². The highest BCUT2D eigenvalue weighted by Gasteiger charge is 2.13. The third-order valence-electron chi connectivity index (χ3n) is 4.82. The Balaban J connectivity index is 1.45. The number of hydrogen-bond acceptors (Lipinski definition) is 2. The third kappa shape index (κ3) is 4.81. The Morgan fingerprint density at radius 3 is 2.59 bits per heavy atom. The molecule has 2 N–H and O–H groups in total. The lowest BCUT2D eigenvalue weighted by Gasteiger charge is -2.26. The van der Waals surface area contributed by atoms with E-state index >= 15 is 0 Å². The van der Waals surface area contributed by atoms with Crippen LogP contribution in [0.3, 0.4) is 0 Å². The Morgan fingerprint density at radius 1 is 1.00 bits per heavy atom. The van der Waals surface area contributed by atoms with Crippen LogP contribution in [0.15, 0.2) is 78.9 Å². The van der Waals surface area contributed by atoms with Gasteiger partial charge in [-0.2, -0.15) is 0 Å². The molecule has 0 atom stereocenters. The van der Waals surface area contributed by atoms with Crippen molar-refractivity contribution in [3.05, 3.63) is 95.8 Å². The van der Waals surface area contributed by atoms with E-state index in [4.69, 9.17) is 12.2 Å². The van der Waals surface area contributed by atoms with E-state index in [1.165, 1.54) is 11.1 Å². The fourth-order valence-corrected chi connectivity index (χ4v) is 3.62. The second-order valence-electron chi connectivity index (χ2n) is 7.09. The molecule has 4 aromatic rings. The lowest BCUT2D eigenvalue weighted by atomic mass is 10.1. The zero-order valence-electron chi connectivity index (χ0n) is 16.4. The molecular weight excluding hydrogens is 376 g/mol. The SMILES string of the molecule is Cc1cccc(N(Cc2ccccc2)C(=S)NCCc2nc3ccccc3[nH]2)c1. The Kier molecular flexibility index (Phi) is 5.86. The number of rotatable bonds is 6. The van der Waals surface area contributed by atoms with E-state index in [-0.39, 0.29) is 0 Å². The smallest absolute Gasteiger partial charge is 0.173 e. The van der Waals surface area contributed by atoms with Gasteiger partial charge in [0.15, 0.2) is 5.11 Å². The van der Waals surface area contributed by atoms with E-state index in [1.807, 2.05) is 30.3 Å². The van der Waals surface area contributed by atoms with Crippen molar-refractivity contribution in [1.29, 1.82) is 0 Å². The number of aryl methyl sites for hydroxylation is 1. The minimum Gasteiger partial charge on any atom is -0.362 e. The average molecular weight is 401 g/mol. The minimum absolute atomic E-state index is 0.718. The number of hydrogen-bond donors (Lipinski definition) is 2. The Morgan fingerprint density at radius 2 is 1.79 bits per heavy atom. The first-order chi connectivity index (χ1) is 14.2. The normalized spacial score (nSPS) is 10.8. The maximum Gasteiger partial charge on any atom is 0.173 e. The van der Waals surface area contributed by atoms with E-state index in [0.29, 0.717) is 0 Å². The molecule has 5 heteroatoms. The monoisotopic (exact) mass is 400 g/mol. The molecule has 0 unspecified atom stereocenters. The second-order valence-corrected chi connectivity index (χ2v) is 7.48. The molecule has 1 heterocycles. The molecule has 0 fully saturated rings. The highest BCUT2D eigenvalue weighted by Crippen LogP contribution is 2.19. The molecular formula is C24H24N4S. The first-order valence-corrected chi connectivity index (χ1v) is 10.2. The maximum atomic E-state index is 5.76. The predicted octanol–water partition coefficient (Wildman–Crippen LogP) is 5.00. The van der Waals surface area contributed by atoms with Crippen molar-refractivity contribution < 1.29 is 0 Å². The van der Waals surface area contributed by atoms with Gasteiger partial charge in [-0.3, -0.25) is 0 Å². The van der Waals surface area contributed by atoms with Gasteiger partial charge in [-0.05, 0) is 54.5 Å². The van der Waals surface area contributed by atoms with Gasteiger partial charge in [-0.25, -0.2) is 4.98 Å². The highest BCUT2D eigenvalue weighted by atomic mass is 32.1. The van der Waals surface area contributed by atoms with Gasteiger partial charge in [0.1, 0.15) is 5.82 Å². The van der Waals surface area contributed by atoms with Crippen LogP contribution in [-0.4, -0.2) is 21.6 Å². The van der Waals surface area contributed by atoms with E-state index in [1.54, 1.807) is 0 Å². The average Bonchev–Trinajstić information content (AvgIpc) is 3.15. The molecule has 4 rings (SSSR count). The molecule has 4 nitrogen and oxygen atoms in total. The van der Waals surface area contributed by atoms with E-state index in [2.05, 4.69) is 75.6 Å². The maximum absolute atomic E-state index is 5.76. The van der Waals surface area contributed by atoms with Gasteiger partial charge < -0.3 is 15.2 Å². The van der Waals surface area contributed by atoms with Gasteiger partial charge in [-0.1, -0.05) is 54.6 Å². The summed E-state index contributed by atoms with van der Waals surface area (Å²) in [6.07, 6.45) is 0.780. The quantitative estimate of drug-likeness (QED) is 0.447. The molecule has 0 saturated heterocycles. The zero-order valence-corrected chi connectivity index (χ0v) is 17.2. The van der Waals surface area contributed by atoms with Crippen LogP contribution in [0.2, 0.25) is 0 Å². The van der Waals surface area contributed by atoms with Crippen molar-refractivity contribution in [2.45, 2.75) is 19.9 Å². The number of fused-ring (bicyclic) bond motifs is 1. The lowest BCUT2D eigenvalue weighted by molar-refractivity contribution is 0.814. The number of nitrogens with zero attached hydrogens (tertiary/aromatic N) is 2.